The second-order valence-electron chi connectivity index (χ2n) is 7.84. The highest BCUT2D eigenvalue weighted by atomic mass is 32.2. The van der Waals surface area contributed by atoms with Gasteiger partial charge in [0.2, 0.25) is 15.9 Å². The first-order valence-electron chi connectivity index (χ1n) is 9.89. The van der Waals surface area contributed by atoms with E-state index in [2.05, 4.69) is 24.4 Å². The van der Waals surface area contributed by atoms with Crippen molar-refractivity contribution in [3.8, 4) is 0 Å². The fraction of sp³-hybridized carbons (Fsp3) is 0.435. The topological polar surface area (TPSA) is 66.5 Å². The second-order valence-corrected chi connectivity index (χ2v) is 9.70. The molecule has 29 heavy (non-hydrogen) atoms. The summed E-state index contributed by atoms with van der Waals surface area (Å²) in [6, 6.07) is 10.3. The van der Waals surface area contributed by atoms with Gasteiger partial charge in [0.05, 0.1) is 18.0 Å². The molecule has 1 amide bonds. The molecule has 0 fully saturated rings. The van der Waals surface area contributed by atoms with E-state index >= 15 is 0 Å². The van der Waals surface area contributed by atoms with E-state index < -0.39 is 16.1 Å². The lowest BCUT2D eigenvalue weighted by Crippen LogP contribution is -2.49. The summed E-state index contributed by atoms with van der Waals surface area (Å²) in [6.45, 7) is 11.8. The maximum Gasteiger partial charge on any atom is 0.244 e. The molecule has 0 aliphatic heterocycles. The van der Waals surface area contributed by atoms with E-state index in [-0.39, 0.29) is 11.9 Å². The van der Waals surface area contributed by atoms with Gasteiger partial charge in [-0.15, -0.1) is 0 Å². The Labute approximate surface area is 175 Å². The van der Waals surface area contributed by atoms with Crippen LogP contribution in [0.3, 0.4) is 0 Å². The molecule has 5 nitrogen and oxygen atoms in total. The van der Waals surface area contributed by atoms with Crippen molar-refractivity contribution in [2.75, 3.05) is 10.6 Å². The molecule has 0 saturated heterocycles. The molecule has 0 aromatic heterocycles. The zero-order valence-corrected chi connectivity index (χ0v) is 19.2. The zero-order valence-electron chi connectivity index (χ0n) is 18.4. The highest BCUT2D eigenvalue weighted by Crippen LogP contribution is 2.25. The summed E-state index contributed by atoms with van der Waals surface area (Å²) in [5.41, 5.74) is 6.04. The molecule has 0 bridgehead atoms. The maximum atomic E-state index is 13.1. The molecule has 0 aliphatic carbocycles. The first-order valence-corrected chi connectivity index (χ1v) is 11.7. The number of carbonyl (C=O) groups excluding carboxylic acids is 1. The minimum atomic E-state index is -3.64. The molecule has 1 N–H and O–H groups in total. The SMILES string of the molecule is CC[C@H](C(=O)N[C@@H](C)c1cc(C)c(C)cc1C)N(c1ccc(C)cc1)S(C)(=O)=O. The van der Waals surface area contributed by atoms with Crippen LogP contribution >= 0.6 is 0 Å². The van der Waals surface area contributed by atoms with E-state index in [4.69, 9.17) is 0 Å². The fourth-order valence-corrected chi connectivity index (χ4v) is 4.80. The molecule has 2 aromatic carbocycles. The maximum absolute atomic E-state index is 13.1. The van der Waals surface area contributed by atoms with Crippen LogP contribution in [0.1, 0.15) is 54.1 Å². The molecule has 0 heterocycles. The van der Waals surface area contributed by atoms with Gasteiger partial charge in [0.15, 0.2) is 0 Å². The Morgan fingerprint density at radius 3 is 2.07 bits per heavy atom. The summed E-state index contributed by atoms with van der Waals surface area (Å²) in [5.74, 6) is -0.302. The quantitative estimate of drug-likeness (QED) is 0.730. The van der Waals surface area contributed by atoms with Crippen molar-refractivity contribution in [3.63, 3.8) is 0 Å². The van der Waals surface area contributed by atoms with Crippen molar-refractivity contribution in [2.24, 2.45) is 0 Å². The van der Waals surface area contributed by atoms with E-state index in [1.807, 2.05) is 46.8 Å². The smallest absolute Gasteiger partial charge is 0.244 e. The van der Waals surface area contributed by atoms with E-state index in [0.29, 0.717) is 12.1 Å². The molecule has 0 radical (unpaired) electrons. The number of aryl methyl sites for hydroxylation is 4. The first kappa shape index (κ1) is 22.9. The van der Waals surface area contributed by atoms with Crippen molar-refractivity contribution in [1.82, 2.24) is 5.32 Å². The Hall–Kier alpha value is -2.34. The number of anilines is 1. The van der Waals surface area contributed by atoms with Crippen molar-refractivity contribution >= 4 is 21.6 Å². The van der Waals surface area contributed by atoms with E-state index in [1.165, 1.54) is 9.87 Å². The van der Waals surface area contributed by atoms with Gasteiger partial charge in [-0.3, -0.25) is 9.10 Å². The van der Waals surface area contributed by atoms with Crippen LogP contribution in [0.4, 0.5) is 5.69 Å². The van der Waals surface area contributed by atoms with Gasteiger partial charge in [0, 0.05) is 0 Å². The third-order valence-corrected chi connectivity index (χ3v) is 6.51. The molecule has 0 saturated carbocycles. The Morgan fingerprint density at radius 1 is 1.00 bits per heavy atom. The average Bonchev–Trinajstić information content (AvgIpc) is 2.62. The lowest BCUT2D eigenvalue weighted by molar-refractivity contribution is -0.122. The molecule has 2 aromatic rings. The number of nitrogens with one attached hydrogen (secondary N) is 1. The number of rotatable bonds is 7. The lowest BCUT2D eigenvalue weighted by atomic mass is 9.96. The Kier molecular flexibility index (Phi) is 7.11. The molecular weight excluding hydrogens is 384 g/mol. The van der Waals surface area contributed by atoms with Crippen molar-refractivity contribution in [3.05, 3.63) is 64.2 Å². The summed E-state index contributed by atoms with van der Waals surface area (Å²) < 4.78 is 26.3. The summed E-state index contributed by atoms with van der Waals surface area (Å²) in [7, 11) is -3.64. The standard InChI is InChI=1S/C23H32N2O3S/c1-8-22(25(29(7,27)28)20-11-9-15(2)10-12-20)23(26)24-19(6)21-14-17(4)16(3)13-18(21)5/h9-14,19,22H,8H2,1-7H3,(H,24,26)/t19-,22+/m0/s1. The molecular formula is C23H32N2O3S. The molecule has 0 spiro atoms. The van der Waals surface area contributed by atoms with Crippen LogP contribution in [0.15, 0.2) is 36.4 Å². The van der Waals surface area contributed by atoms with Crippen LogP contribution in [-0.4, -0.2) is 26.6 Å². The van der Waals surface area contributed by atoms with Crippen LogP contribution in [0, 0.1) is 27.7 Å². The van der Waals surface area contributed by atoms with E-state index in [9.17, 15) is 13.2 Å². The summed E-state index contributed by atoms with van der Waals surface area (Å²) in [4.78, 5) is 13.1. The monoisotopic (exact) mass is 416 g/mol. The van der Waals surface area contributed by atoms with Crippen LogP contribution in [0.25, 0.3) is 0 Å². The van der Waals surface area contributed by atoms with Gasteiger partial charge < -0.3 is 5.32 Å². The van der Waals surface area contributed by atoms with E-state index in [1.54, 1.807) is 12.1 Å². The van der Waals surface area contributed by atoms with Gasteiger partial charge in [-0.2, -0.15) is 0 Å². The molecule has 0 unspecified atom stereocenters. The fourth-order valence-electron chi connectivity index (χ4n) is 3.59. The van der Waals surface area contributed by atoms with Gasteiger partial charge >= 0.3 is 0 Å². The molecule has 158 valence electrons. The van der Waals surface area contributed by atoms with Crippen LogP contribution in [-0.2, 0) is 14.8 Å². The summed E-state index contributed by atoms with van der Waals surface area (Å²) >= 11 is 0. The van der Waals surface area contributed by atoms with Crippen molar-refractivity contribution < 1.29 is 13.2 Å². The molecule has 6 heteroatoms. The summed E-state index contributed by atoms with van der Waals surface area (Å²) in [5, 5.41) is 3.02. The minimum absolute atomic E-state index is 0.227. The van der Waals surface area contributed by atoms with Crippen LogP contribution in [0.2, 0.25) is 0 Å². The van der Waals surface area contributed by atoms with Gasteiger partial charge in [0.25, 0.3) is 0 Å². The number of hydrogen-bond acceptors (Lipinski definition) is 3. The first-order chi connectivity index (χ1) is 13.5. The van der Waals surface area contributed by atoms with Crippen LogP contribution in [0.5, 0.6) is 0 Å². The Bertz CT molecular complexity index is 982. The summed E-state index contributed by atoms with van der Waals surface area (Å²) in [6.07, 6.45) is 1.51. The highest BCUT2D eigenvalue weighted by molar-refractivity contribution is 7.92. The lowest BCUT2D eigenvalue weighted by Gasteiger charge is -2.31. The normalized spacial score (nSPS) is 13.6. The third kappa shape index (κ3) is 5.38. The number of sulfonamides is 1. The zero-order chi connectivity index (χ0) is 21.9. The molecule has 0 aliphatic rings. The largest absolute Gasteiger partial charge is 0.348 e. The van der Waals surface area contributed by atoms with Crippen molar-refractivity contribution in [2.45, 2.75) is 60.0 Å². The molecule has 2 rings (SSSR count). The molecule has 2 atom stereocenters. The van der Waals surface area contributed by atoms with Gasteiger partial charge in [-0.1, -0.05) is 36.8 Å². The number of carbonyl (C=O) groups is 1. The third-order valence-electron chi connectivity index (χ3n) is 5.33. The Morgan fingerprint density at radius 2 is 1.55 bits per heavy atom. The van der Waals surface area contributed by atoms with E-state index in [0.717, 1.165) is 28.5 Å². The van der Waals surface area contributed by atoms with Gasteiger partial charge in [0.1, 0.15) is 6.04 Å². The van der Waals surface area contributed by atoms with Gasteiger partial charge in [-0.05, 0) is 75.4 Å². The van der Waals surface area contributed by atoms with Crippen LogP contribution < -0.4 is 9.62 Å². The number of hydrogen-bond donors (Lipinski definition) is 1. The Balaban J connectivity index is 2.34. The predicted molar refractivity (Wildman–Crippen MR) is 120 cm³/mol. The second kappa shape index (κ2) is 8.99. The predicted octanol–water partition coefficient (Wildman–Crippen LogP) is 4.34. The van der Waals surface area contributed by atoms with Crippen molar-refractivity contribution in [1.29, 1.82) is 0 Å². The number of benzene rings is 2. The highest BCUT2D eigenvalue weighted by Gasteiger charge is 2.32. The number of amides is 1. The van der Waals surface area contributed by atoms with Gasteiger partial charge in [-0.25, -0.2) is 8.42 Å². The number of nitrogens with zero attached hydrogens (tertiary/aromatic N) is 1. The minimum Gasteiger partial charge on any atom is -0.348 e. The average molecular weight is 417 g/mol.